The van der Waals surface area contributed by atoms with Gasteiger partial charge in [-0.3, -0.25) is 4.98 Å². The normalized spacial score (nSPS) is 10.6. The van der Waals surface area contributed by atoms with Crippen LogP contribution in [0.3, 0.4) is 0 Å². The van der Waals surface area contributed by atoms with E-state index >= 15 is 0 Å². The van der Waals surface area contributed by atoms with Crippen molar-refractivity contribution in [3.63, 3.8) is 0 Å². The lowest BCUT2D eigenvalue weighted by atomic mass is 10.0. The third-order valence-corrected chi connectivity index (χ3v) is 3.93. The first-order chi connectivity index (χ1) is 12.3. The second-order valence-electron chi connectivity index (χ2n) is 5.56. The van der Waals surface area contributed by atoms with Gasteiger partial charge in [-0.1, -0.05) is 42.5 Å². The quantitative estimate of drug-likeness (QED) is 0.531. The standard InChI is InChI=1S/C21H14FN3/c22-18-8-6-15(7-9-18)19-14-24-21(17-4-2-1-3-5-17)25-20(19)16-10-12-23-13-11-16/h1-14H. The Bertz CT molecular complexity index is 985. The summed E-state index contributed by atoms with van der Waals surface area (Å²) in [4.78, 5) is 13.4. The molecule has 4 rings (SSSR count). The highest BCUT2D eigenvalue weighted by Crippen LogP contribution is 2.31. The van der Waals surface area contributed by atoms with E-state index in [9.17, 15) is 4.39 Å². The molecule has 0 spiro atoms. The van der Waals surface area contributed by atoms with Crippen molar-refractivity contribution in [3.8, 4) is 33.8 Å². The molecule has 4 heteroatoms. The molecule has 120 valence electrons. The number of hydrogen-bond donors (Lipinski definition) is 0. The van der Waals surface area contributed by atoms with E-state index in [4.69, 9.17) is 4.98 Å². The molecule has 0 unspecified atom stereocenters. The van der Waals surface area contributed by atoms with Gasteiger partial charge in [0, 0.05) is 35.3 Å². The molecule has 0 aliphatic heterocycles. The third-order valence-electron chi connectivity index (χ3n) is 3.93. The summed E-state index contributed by atoms with van der Waals surface area (Å²) >= 11 is 0. The van der Waals surface area contributed by atoms with E-state index < -0.39 is 0 Å². The Morgan fingerprint density at radius 2 is 1.40 bits per heavy atom. The Morgan fingerprint density at radius 3 is 2.12 bits per heavy atom. The van der Waals surface area contributed by atoms with E-state index in [2.05, 4.69) is 9.97 Å². The van der Waals surface area contributed by atoms with Crippen LogP contribution < -0.4 is 0 Å². The van der Waals surface area contributed by atoms with Gasteiger partial charge in [0.15, 0.2) is 5.82 Å². The minimum atomic E-state index is -0.268. The highest BCUT2D eigenvalue weighted by Gasteiger charge is 2.12. The summed E-state index contributed by atoms with van der Waals surface area (Å²) in [6, 6.07) is 20.0. The molecule has 0 atom stereocenters. The molecule has 0 fully saturated rings. The number of hydrogen-bond acceptors (Lipinski definition) is 3. The minimum absolute atomic E-state index is 0.268. The van der Waals surface area contributed by atoms with Crippen LogP contribution in [-0.4, -0.2) is 15.0 Å². The van der Waals surface area contributed by atoms with E-state index in [-0.39, 0.29) is 5.82 Å². The van der Waals surface area contributed by atoms with Crippen molar-refractivity contribution in [2.45, 2.75) is 0 Å². The Balaban J connectivity index is 1.91. The summed E-state index contributed by atoms with van der Waals surface area (Å²) in [7, 11) is 0. The van der Waals surface area contributed by atoms with Crippen molar-refractivity contribution in [2.24, 2.45) is 0 Å². The van der Waals surface area contributed by atoms with E-state index in [1.165, 1.54) is 12.1 Å². The molecule has 2 aromatic heterocycles. The van der Waals surface area contributed by atoms with Gasteiger partial charge in [-0.25, -0.2) is 14.4 Å². The van der Waals surface area contributed by atoms with Gasteiger partial charge >= 0.3 is 0 Å². The Kier molecular flexibility index (Phi) is 4.01. The molecule has 0 radical (unpaired) electrons. The lowest BCUT2D eigenvalue weighted by Crippen LogP contribution is -1.96. The fourth-order valence-corrected chi connectivity index (χ4v) is 2.68. The van der Waals surface area contributed by atoms with Crippen molar-refractivity contribution >= 4 is 0 Å². The van der Waals surface area contributed by atoms with Crippen LogP contribution in [0.1, 0.15) is 0 Å². The van der Waals surface area contributed by atoms with Gasteiger partial charge < -0.3 is 0 Å². The predicted molar refractivity (Wildman–Crippen MR) is 96.1 cm³/mol. The maximum atomic E-state index is 13.3. The van der Waals surface area contributed by atoms with Crippen molar-refractivity contribution in [3.05, 3.63) is 91.1 Å². The van der Waals surface area contributed by atoms with Gasteiger partial charge in [-0.2, -0.15) is 0 Å². The molecule has 2 heterocycles. The predicted octanol–water partition coefficient (Wildman–Crippen LogP) is 5.01. The van der Waals surface area contributed by atoms with Gasteiger partial charge in [0.25, 0.3) is 0 Å². The second-order valence-corrected chi connectivity index (χ2v) is 5.56. The molecule has 0 aliphatic carbocycles. The SMILES string of the molecule is Fc1ccc(-c2cnc(-c3ccccc3)nc2-c2ccncc2)cc1. The minimum Gasteiger partial charge on any atom is -0.265 e. The van der Waals surface area contributed by atoms with Gasteiger partial charge in [-0.15, -0.1) is 0 Å². The zero-order valence-corrected chi connectivity index (χ0v) is 13.3. The fraction of sp³-hybridized carbons (Fsp3) is 0. The van der Waals surface area contributed by atoms with Crippen molar-refractivity contribution in [1.82, 2.24) is 15.0 Å². The molecule has 0 amide bonds. The highest BCUT2D eigenvalue weighted by atomic mass is 19.1. The zero-order chi connectivity index (χ0) is 17.1. The van der Waals surface area contributed by atoms with E-state index in [1.54, 1.807) is 30.7 Å². The van der Waals surface area contributed by atoms with Crippen LogP contribution in [0.2, 0.25) is 0 Å². The topological polar surface area (TPSA) is 38.7 Å². The summed E-state index contributed by atoms with van der Waals surface area (Å²) < 4.78 is 13.3. The average molecular weight is 327 g/mol. The van der Waals surface area contributed by atoms with Crippen molar-refractivity contribution < 1.29 is 4.39 Å². The van der Waals surface area contributed by atoms with Crippen LogP contribution in [-0.2, 0) is 0 Å². The first-order valence-corrected chi connectivity index (χ1v) is 7.90. The second kappa shape index (κ2) is 6.61. The van der Waals surface area contributed by atoms with Crippen LogP contribution in [0.4, 0.5) is 4.39 Å². The van der Waals surface area contributed by atoms with Gasteiger partial charge in [-0.05, 0) is 29.8 Å². The zero-order valence-electron chi connectivity index (χ0n) is 13.3. The van der Waals surface area contributed by atoms with E-state index in [0.717, 1.165) is 27.9 Å². The molecule has 0 saturated carbocycles. The third kappa shape index (κ3) is 3.15. The molecule has 4 aromatic rings. The van der Waals surface area contributed by atoms with Crippen LogP contribution in [0.15, 0.2) is 85.3 Å². The summed E-state index contributed by atoms with van der Waals surface area (Å²) in [5, 5.41) is 0. The van der Waals surface area contributed by atoms with E-state index in [0.29, 0.717) is 5.82 Å². The average Bonchev–Trinajstić information content (AvgIpc) is 2.70. The maximum absolute atomic E-state index is 13.3. The molecular weight excluding hydrogens is 313 g/mol. The summed E-state index contributed by atoms with van der Waals surface area (Å²) in [6.45, 7) is 0. The molecular formula is C21H14FN3. The summed E-state index contributed by atoms with van der Waals surface area (Å²) in [5.74, 6) is 0.384. The van der Waals surface area contributed by atoms with Crippen molar-refractivity contribution in [1.29, 1.82) is 0 Å². The Morgan fingerprint density at radius 1 is 0.680 bits per heavy atom. The molecule has 0 N–H and O–H groups in total. The number of benzene rings is 2. The van der Waals surface area contributed by atoms with Gasteiger partial charge in [0.1, 0.15) is 5.82 Å². The van der Waals surface area contributed by atoms with Crippen LogP contribution in [0.25, 0.3) is 33.8 Å². The van der Waals surface area contributed by atoms with Crippen LogP contribution >= 0.6 is 0 Å². The number of rotatable bonds is 3. The Labute approximate surface area is 144 Å². The van der Waals surface area contributed by atoms with Crippen LogP contribution in [0, 0.1) is 5.82 Å². The molecule has 0 aliphatic rings. The highest BCUT2D eigenvalue weighted by molar-refractivity contribution is 5.81. The number of nitrogens with zero attached hydrogens (tertiary/aromatic N) is 3. The molecule has 2 aromatic carbocycles. The summed E-state index contributed by atoms with van der Waals surface area (Å²) in [5.41, 5.74) is 4.40. The summed E-state index contributed by atoms with van der Waals surface area (Å²) in [6.07, 6.45) is 5.25. The first kappa shape index (κ1) is 15.1. The Hall–Kier alpha value is -3.40. The molecule has 25 heavy (non-hydrogen) atoms. The van der Waals surface area contributed by atoms with E-state index in [1.807, 2.05) is 42.5 Å². The molecule has 3 nitrogen and oxygen atoms in total. The first-order valence-electron chi connectivity index (χ1n) is 7.90. The van der Waals surface area contributed by atoms with Crippen molar-refractivity contribution in [2.75, 3.05) is 0 Å². The van der Waals surface area contributed by atoms with Gasteiger partial charge in [0.2, 0.25) is 0 Å². The number of aromatic nitrogens is 3. The van der Waals surface area contributed by atoms with Gasteiger partial charge in [0.05, 0.1) is 5.69 Å². The van der Waals surface area contributed by atoms with Crippen LogP contribution in [0.5, 0.6) is 0 Å². The maximum Gasteiger partial charge on any atom is 0.159 e. The lowest BCUT2D eigenvalue weighted by molar-refractivity contribution is 0.628. The number of pyridine rings is 1. The smallest absolute Gasteiger partial charge is 0.159 e. The molecule has 0 bridgehead atoms. The number of halogens is 1. The lowest BCUT2D eigenvalue weighted by Gasteiger charge is -2.11. The largest absolute Gasteiger partial charge is 0.265 e. The molecule has 0 saturated heterocycles. The monoisotopic (exact) mass is 327 g/mol. The fourth-order valence-electron chi connectivity index (χ4n) is 2.68.